The Bertz CT molecular complexity index is 1070. The number of rotatable bonds is 8. The molecule has 0 aliphatic carbocycles. The van der Waals surface area contributed by atoms with E-state index < -0.39 is 6.04 Å². The Hall–Kier alpha value is -2.55. The van der Waals surface area contributed by atoms with Crippen LogP contribution >= 0.6 is 12.8 Å². The SMILES string of the molecule is O=C(CN1CCCCC1)N[C@H](COCc1ccccc1)C(=O)N1CCC2(CC1)CN(S)c1ccccc12. The van der Waals surface area contributed by atoms with Gasteiger partial charge in [0.1, 0.15) is 6.04 Å². The number of hydrogen-bond acceptors (Lipinski definition) is 6. The van der Waals surface area contributed by atoms with Crippen LogP contribution in [0.4, 0.5) is 5.69 Å². The van der Waals surface area contributed by atoms with Gasteiger partial charge in [0.25, 0.3) is 0 Å². The highest BCUT2D eigenvalue weighted by Gasteiger charge is 2.45. The lowest BCUT2D eigenvalue weighted by Gasteiger charge is -2.40. The number of likely N-dealkylation sites (tertiary alicyclic amines) is 2. The number of amides is 2. The molecule has 7 nitrogen and oxygen atoms in total. The summed E-state index contributed by atoms with van der Waals surface area (Å²) in [6.07, 6.45) is 5.23. The van der Waals surface area contributed by atoms with Crippen molar-refractivity contribution in [2.24, 2.45) is 0 Å². The van der Waals surface area contributed by atoms with Crippen molar-refractivity contribution in [3.05, 3.63) is 65.7 Å². The molecule has 8 heteroatoms. The summed E-state index contributed by atoms with van der Waals surface area (Å²) < 4.78 is 7.98. The van der Waals surface area contributed by atoms with Gasteiger partial charge in [-0.3, -0.25) is 14.5 Å². The first-order valence-electron chi connectivity index (χ1n) is 13.5. The summed E-state index contributed by atoms with van der Waals surface area (Å²) in [6, 6.07) is 17.7. The number of ether oxygens (including phenoxy) is 1. The summed E-state index contributed by atoms with van der Waals surface area (Å²) in [4.78, 5) is 30.7. The van der Waals surface area contributed by atoms with E-state index in [0.717, 1.165) is 50.9 Å². The summed E-state index contributed by atoms with van der Waals surface area (Å²) in [5.74, 6) is -0.156. The molecule has 2 aromatic rings. The molecule has 5 rings (SSSR count). The molecule has 2 fully saturated rings. The van der Waals surface area contributed by atoms with Crippen molar-refractivity contribution in [2.45, 2.75) is 50.2 Å². The Balaban J connectivity index is 1.22. The van der Waals surface area contributed by atoms with E-state index in [1.54, 1.807) is 0 Å². The van der Waals surface area contributed by atoms with Crippen LogP contribution in [0.1, 0.15) is 43.2 Å². The van der Waals surface area contributed by atoms with Crippen LogP contribution in [0.3, 0.4) is 0 Å². The largest absolute Gasteiger partial charge is 0.374 e. The summed E-state index contributed by atoms with van der Waals surface area (Å²) in [6.45, 7) is 4.95. The number of nitrogens with one attached hydrogen (secondary N) is 1. The number of piperidine rings is 2. The van der Waals surface area contributed by atoms with Crippen molar-refractivity contribution in [1.29, 1.82) is 0 Å². The molecule has 0 unspecified atom stereocenters. The molecule has 1 N–H and O–H groups in total. The fraction of sp³-hybridized carbons (Fsp3) is 0.517. The van der Waals surface area contributed by atoms with Gasteiger partial charge in [-0.2, -0.15) is 0 Å². The number of carbonyl (C=O) groups is 2. The lowest BCUT2D eigenvalue weighted by atomic mass is 9.74. The third kappa shape index (κ3) is 6.13. The Morgan fingerprint density at radius 3 is 2.41 bits per heavy atom. The third-order valence-corrected chi connectivity index (χ3v) is 8.44. The maximum absolute atomic E-state index is 13.7. The minimum atomic E-state index is -0.688. The molecular weight excluding hydrogens is 484 g/mol. The van der Waals surface area contributed by atoms with Gasteiger partial charge in [-0.15, -0.1) is 0 Å². The fourth-order valence-electron chi connectivity index (χ4n) is 6.01. The van der Waals surface area contributed by atoms with Gasteiger partial charge in [-0.25, -0.2) is 0 Å². The van der Waals surface area contributed by atoms with Gasteiger partial charge in [-0.1, -0.05) is 67.8 Å². The first kappa shape index (κ1) is 26.1. The van der Waals surface area contributed by atoms with Crippen LogP contribution in [-0.2, 0) is 26.3 Å². The molecule has 1 spiro atoms. The maximum Gasteiger partial charge on any atom is 0.247 e. The molecule has 0 aromatic heterocycles. The minimum absolute atomic E-state index is 0.0198. The molecule has 3 heterocycles. The van der Waals surface area contributed by atoms with E-state index in [4.69, 9.17) is 17.6 Å². The van der Waals surface area contributed by atoms with Crippen LogP contribution in [0.5, 0.6) is 0 Å². The lowest BCUT2D eigenvalue weighted by molar-refractivity contribution is -0.140. The average molecular weight is 523 g/mol. The van der Waals surface area contributed by atoms with E-state index in [9.17, 15) is 9.59 Å². The second kappa shape index (κ2) is 11.9. The molecule has 2 amide bonds. The van der Waals surface area contributed by atoms with Crippen LogP contribution in [-0.4, -0.2) is 73.5 Å². The zero-order chi connectivity index (χ0) is 25.7. The zero-order valence-corrected chi connectivity index (χ0v) is 22.4. The number of hydrogen-bond donors (Lipinski definition) is 2. The predicted octanol–water partition coefficient (Wildman–Crippen LogP) is 3.40. The molecule has 0 radical (unpaired) electrons. The Morgan fingerprint density at radius 2 is 1.65 bits per heavy atom. The monoisotopic (exact) mass is 522 g/mol. The van der Waals surface area contributed by atoms with Gasteiger partial charge in [0, 0.05) is 25.0 Å². The highest BCUT2D eigenvalue weighted by atomic mass is 32.1. The first-order valence-corrected chi connectivity index (χ1v) is 13.9. The van der Waals surface area contributed by atoms with Crippen LogP contribution in [0.2, 0.25) is 0 Å². The van der Waals surface area contributed by atoms with Crippen LogP contribution in [0, 0.1) is 0 Å². The number of fused-ring (bicyclic) bond motifs is 2. The van der Waals surface area contributed by atoms with Crippen molar-refractivity contribution < 1.29 is 14.3 Å². The Labute approximate surface area is 225 Å². The number of para-hydroxylation sites is 1. The first-order chi connectivity index (χ1) is 18.0. The van der Waals surface area contributed by atoms with E-state index in [-0.39, 0.29) is 23.8 Å². The molecule has 37 heavy (non-hydrogen) atoms. The maximum atomic E-state index is 13.7. The fourth-order valence-corrected chi connectivity index (χ4v) is 6.46. The highest BCUT2D eigenvalue weighted by molar-refractivity contribution is 7.81. The van der Waals surface area contributed by atoms with E-state index in [1.807, 2.05) is 45.6 Å². The number of nitrogens with zero attached hydrogens (tertiary/aromatic N) is 3. The summed E-state index contributed by atoms with van der Waals surface area (Å²) in [5.41, 5.74) is 3.56. The Morgan fingerprint density at radius 1 is 0.946 bits per heavy atom. The highest BCUT2D eigenvalue weighted by Crippen LogP contribution is 2.47. The average Bonchev–Trinajstić information content (AvgIpc) is 3.20. The molecule has 0 bridgehead atoms. The quantitative estimate of drug-likeness (QED) is 0.521. The standard InChI is InChI=1S/C29H38N4O3S/c34-27(19-31-15-7-2-8-16-31)30-25(21-36-20-23-9-3-1-4-10-23)28(35)32-17-13-29(14-18-32)22-33(37)26-12-6-5-11-24(26)29/h1,3-6,9-12,25,37H,2,7-8,13-22H2,(H,30,34)/t25-/m1/s1. The molecule has 198 valence electrons. The zero-order valence-electron chi connectivity index (χ0n) is 21.5. The Kier molecular flexibility index (Phi) is 8.37. The van der Waals surface area contributed by atoms with Gasteiger partial charge in [-0.05, 0) is 56.0 Å². The van der Waals surface area contributed by atoms with Crippen molar-refractivity contribution in [3.8, 4) is 0 Å². The van der Waals surface area contributed by atoms with Crippen molar-refractivity contribution in [2.75, 3.05) is 50.2 Å². The van der Waals surface area contributed by atoms with Gasteiger partial charge >= 0.3 is 0 Å². The van der Waals surface area contributed by atoms with Crippen LogP contribution in [0.25, 0.3) is 0 Å². The van der Waals surface area contributed by atoms with E-state index >= 15 is 0 Å². The lowest BCUT2D eigenvalue weighted by Crippen LogP contribution is -2.56. The smallest absolute Gasteiger partial charge is 0.247 e. The van der Waals surface area contributed by atoms with E-state index in [0.29, 0.717) is 26.2 Å². The van der Waals surface area contributed by atoms with Crippen LogP contribution < -0.4 is 9.62 Å². The second-order valence-corrected chi connectivity index (χ2v) is 11.1. The van der Waals surface area contributed by atoms with E-state index in [1.165, 1.54) is 17.7 Å². The number of carbonyl (C=O) groups excluding carboxylic acids is 2. The van der Waals surface area contributed by atoms with Crippen LogP contribution in [0.15, 0.2) is 54.6 Å². The van der Waals surface area contributed by atoms with E-state index in [2.05, 4.69) is 28.4 Å². The van der Waals surface area contributed by atoms with Gasteiger partial charge in [0.15, 0.2) is 0 Å². The number of thiol groups is 1. The third-order valence-electron chi connectivity index (χ3n) is 8.08. The van der Waals surface area contributed by atoms with Crippen molar-refractivity contribution >= 4 is 30.3 Å². The number of benzene rings is 2. The summed E-state index contributed by atoms with van der Waals surface area (Å²) in [7, 11) is 0. The molecule has 3 aliphatic heterocycles. The molecule has 3 aliphatic rings. The summed E-state index contributed by atoms with van der Waals surface area (Å²) in [5, 5.41) is 3.01. The summed E-state index contributed by atoms with van der Waals surface area (Å²) >= 11 is 4.70. The van der Waals surface area contributed by atoms with Gasteiger partial charge < -0.3 is 19.3 Å². The van der Waals surface area contributed by atoms with Gasteiger partial charge in [0.05, 0.1) is 25.4 Å². The molecule has 2 saturated heterocycles. The molecular formula is C29H38N4O3S. The van der Waals surface area contributed by atoms with Crippen molar-refractivity contribution in [1.82, 2.24) is 15.1 Å². The minimum Gasteiger partial charge on any atom is -0.374 e. The second-order valence-electron chi connectivity index (χ2n) is 10.6. The van der Waals surface area contributed by atoms with Crippen molar-refractivity contribution in [3.63, 3.8) is 0 Å². The normalized spacial score (nSPS) is 20.0. The molecule has 0 saturated carbocycles. The molecule has 2 aromatic carbocycles. The topological polar surface area (TPSA) is 65.1 Å². The molecule has 1 atom stereocenters. The predicted molar refractivity (Wildman–Crippen MR) is 149 cm³/mol. The number of anilines is 1. The van der Waals surface area contributed by atoms with Gasteiger partial charge in [0.2, 0.25) is 11.8 Å².